The molecule has 3 aromatic rings. The molecule has 29 heavy (non-hydrogen) atoms. The van der Waals surface area contributed by atoms with Gasteiger partial charge in [0.1, 0.15) is 5.75 Å². The van der Waals surface area contributed by atoms with Gasteiger partial charge in [-0.1, -0.05) is 18.2 Å². The number of rotatable bonds is 6. The van der Waals surface area contributed by atoms with Crippen molar-refractivity contribution in [1.29, 1.82) is 5.26 Å². The van der Waals surface area contributed by atoms with Crippen molar-refractivity contribution < 1.29 is 4.74 Å². The van der Waals surface area contributed by atoms with Gasteiger partial charge in [0.05, 0.1) is 22.8 Å². The lowest BCUT2D eigenvalue weighted by Crippen LogP contribution is -2.01. The molecule has 144 valence electrons. The number of benzene rings is 2. The lowest BCUT2D eigenvalue weighted by molar-refractivity contribution is 0.457. The number of nitrogens with zero attached hydrogens (tertiary/aromatic N) is 3. The minimum absolute atomic E-state index is 0.396. The number of aromatic nitrogens is 1. The molecule has 7 heteroatoms. The van der Waals surface area contributed by atoms with Crippen LogP contribution in [0.2, 0.25) is 0 Å². The molecule has 0 spiro atoms. The van der Waals surface area contributed by atoms with Gasteiger partial charge in [-0.15, -0.1) is 0 Å². The van der Waals surface area contributed by atoms with Crippen molar-refractivity contribution in [2.45, 2.75) is 19.8 Å². The molecule has 0 bridgehead atoms. The molecular formula is C22H18BrN5O. The highest BCUT2D eigenvalue weighted by molar-refractivity contribution is 9.10. The second-order valence-electron chi connectivity index (χ2n) is 6.35. The molecule has 0 aliphatic carbocycles. The normalized spacial score (nSPS) is 10.1. The number of ether oxygens (including phenoxy) is 1. The maximum Gasteiger partial charge on any atom is 0.221 e. The Balaban J connectivity index is 1.83. The summed E-state index contributed by atoms with van der Waals surface area (Å²) in [5.74, 6) is 1.53. The van der Waals surface area contributed by atoms with Crippen molar-refractivity contribution in [3.8, 4) is 17.7 Å². The van der Waals surface area contributed by atoms with Gasteiger partial charge in [0, 0.05) is 18.2 Å². The summed E-state index contributed by atoms with van der Waals surface area (Å²) in [4.78, 5) is 7.85. The van der Waals surface area contributed by atoms with Crippen LogP contribution in [-0.2, 0) is 6.42 Å². The molecule has 1 heterocycles. The first-order valence-corrected chi connectivity index (χ1v) is 9.64. The average Bonchev–Trinajstić information content (AvgIpc) is 2.72. The highest BCUT2D eigenvalue weighted by Crippen LogP contribution is 2.35. The summed E-state index contributed by atoms with van der Waals surface area (Å²) >= 11 is 3.55. The van der Waals surface area contributed by atoms with E-state index < -0.39 is 0 Å². The fraction of sp³-hybridized carbons (Fsp3) is 0.136. The lowest BCUT2D eigenvalue weighted by atomic mass is 10.1. The van der Waals surface area contributed by atoms with E-state index >= 15 is 0 Å². The number of hydrogen-bond acceptors (Lipinski definition) is 5. The Bertz CT molecular complexity index is 1090. The Labute approximate surface area is 177 Å². The van der Waals surface area contributed by atoms with Gasteiger partial charge < -0.3 is 15.8 Å². The molecule has 6 nitrogen and oxygen atoms in total. The second kappa shape index (κ2) is 9.09. The highest BCUT2D eigenvalue weighted by Gasteiger charge is 2.12. The summed E-state index contributed by atoms with van der Waals surface area (Å²) in [6, 6.07) is 16.6. The number of pyridine rings is 1. The molecule has 0 saturated carbocycles. The first-order valence-electron chi connectivity index (χ1n) is 8.85. The van der Waals surface area contributed by atoms with E-state index in [1.165, 1.54) is 0 Å². The minimum Gasteiger partial charge on any atom is -0.438 e. The van der Waals surface area contributed by atoms with Crippen LogP contribution in [0.4, 0.5) is 22.9 Å². The third-order valence-corrected chi connectivity index (χ3v) is 4.77. The van der Waals surface area contributed by atoms with Crippen LogP contribution in [-0.4, -0.2) is 4.98 Å². The molecule has 0 unspecified atom stereocenters. The Morgan fingerprint density at radius 3 is 2.66 bits per heavy atom. The van der Waals surface area contributed by atoms with Crippen molar-refractivity contribution in [3.63, 3.8) is 0 Å². The van der Waals surface area contributed by atoms with Gasteiger partial charge in [-0.2, -0.15) is 10.2 Å². The Morgan fingerprint density at radius 2 is 2.00 bits per heavy atom. The van der Waals surface area contributed by atoms with Crippen LogP contribution in [0.3, 0.4) is 0 Å². The van der Waals surface area contributed by atoms with Crippen molar-refractivity contribution >= 4 is 38.8 Å². The maximum absolute atomic E-state index is 8.77. The van der Waals surface area contributed by atoms with Gasteiger partial charge in [0.25, 0.3) is 0 Å². The zero-order valence-electron chi connectivity index (χ0n) is 15.7. The van der Waals surface area contributed by atoms with E-state index in [0.717, 1.165) is 21.3 Å². The van der Waals surface area contributed by atoms with E-state index in [9.17, 15) is 0 Å². The van der Waals surface area contributed by atoms with E-state index in [4.69, 9.17) is 22.3 Å². The maximum atomic E-state index is 8.77. The molecule has 0 atom stereocenters. The average molecular weight is 448 g/mol. The van der Waals surface area contributed by atoms with Gasteiger partial charge in [0.15, 0.2) is 11.5 Å². The molecule has 0 saturated heterocycles. The lowest BCUT2D eigenvalue weighted by Gasteiger charge is -2.14. The fourth-order valence-electron chi connectivity index (χ4n) is 2.75. The number of hydrogen-bond donors (Lipinski definition) is 2. The Kier molecular flexibility index (Phi) is 6.33. The Morgan fingerprint density at radius 1 is 1.24 bits per heavy atom. The van der Waals surface area contributed by atoms with Gasteiger partial charge in [-0.05, 0) is 64.7 Å². The van der Waals surface area contributed by atoms with Crippen LogP contribution >= 0.6 is 15.9 Å². The number of anilines is 3. The molecule has 3 rings (SSSR count). The van der Waals surface area contributed by atoms with E-state index in [1.807, 2.05) is 19.1 Å². The van der Waals surface area contributed by atoms with Crippen LogP contribution in [0.1, 0.15) is 17.5 Å². The van der Waals surface area contributed by atoms with Crippen LogP contribution in [0.15, 0.2) is 53.0 Å². The molecule has 0 fully saturated rings. The van der Waals surface area contributed by atoms with E-state index in [2.05, 4.69) is 37.1 Å². The first-order chi connectivity index (χ1) is 14.0. The van der Waals surface area contributed by atoms with Gasteiger partial charge in [-0.25, -0.2) is 4.85 Å². The number of halogens is 1. The second-order valence-corrected chi connectivity index (χ2v) is 7.21. The van der Waals surface area contributed by atoms with Gasteiger partial charge in [0.2, 0.25) is 5.88 Å². The predicted octanol–water partition coefficient (Wildman–Crippen LogP) is 6.28. The van der Waals surface area contributed by atoms with E-state index in [0.29, 0.717) is 41.7 Å². The third kappa shape index (κ3) is 5.04. The number of nitriles is 1. The summed E-state index contributed by atoms with van der Waals surface area (Å²) in [6.07, 6.45) is 1.16. The van der Waals surface area contributed by atoms with Crippen molar-refractivity contribution in [2.24, 2.45) is 0 Å². The van der Waals surface area contributed by atoms with Crippen LogP contribution in [0, 0.1) is 24.8 Å². The van der Waals surface area contributed by atoms with Crippen LogP contribution in [0.25, 0.3) is 4.85 Å². The number of nitrogens with two attached hydrogens (primary N) is 1. The number of nitrogens with one attached hydrogen (secondary N) is 1. The number of nitrogen functional groups attached to an aromatic ring is 1. The van der Waals surface area contributed by atoms with Crippen LogP contribution in [0.5, 0.6) is 11.6 Å². The highest BCUT2D eigenvalue weighted by atomic mass is 79.9. The van der Waals surface area contributed by atoms with Crippen molar-refractivity contribution in [1.82, 2.24) is 4.98 Å². The third-order valence-electron chi connectivity index (χ3n) is 4.18. The molecule has 0 amide bonds. The SMILES string of the molecule is [C-]#[N+]c1ccc(Nc2nc(Oc3c(C)cc(CCC#N)cc3Br)ccc2N)cc1. The molecule has 1 aromatic heterocycles. The molecule has 0 aliphatic heterocycles. The minimum atomic E-state index is 0.396. The predicted molar refractivity (Wildman–Crippen MR) is 118 cm³/mol. The fourth-order valence-corrected chi connectivity index (χ4v) is 3.43. The van der Waals surface area contributed by atoms with Crippen molar-refractivity contribution in [3.05, 3.63) is 75.5 Å². The zero-order valence-corrected chi connectivity index (χ0v) is 17.3. The van der Waals surface area contributed by atoms with Gasteiger partial charge in [-0.3, -0.25) is 0 Å². The van der Waals surface area contributed by atoms with E-state index in [-0.39, 0.29) is 0 Å². The standard InChI is InChI=1S/C22H18BrN5O/c1-14-12-15(4-3-11-24)13-18(23)21(14)29-20-10-9-19(25)22(28-20)27-17-7-5-16(26-2)6-8-17/h5-10,12-13H,3-4,25H2,1H3,(H,27,28). The van der Waals surface area contributed by atoms with Crippen molar-refractivity contribution in [2.75, 3.05) is 11.1 Å². The van der Waals surface area contributed by atoms with Gasteiger partial charge >= 0.3 is 0 Å². The first kappa shape index (κ1) is 20.2. The summed E-state index contributed by atoms with van der Waals surface area (Å²) in [7, 11) is 0. The summed E-state index contributed by atoms with van der Waals surface area (Å²) < 4.78 is 6.81. The molecule has 2 aromatic carbocycles. The summed E-state index contributed by atoms with van der Waals surface area (Å²) in [5, 5.41) is 11.9. The monoisotopic (exact) mass is 447 g/mol. The van der Waals surface area contributed by atoms with Crippen LogP contribution < -0.4 is 15.8 Å². The largest absolute Gasteiger partial charge is 0.438 e. The topological polar surface area (TPSA) is 88.3 Å². The van der Waals surface area contributed by atoms with E-state index in [1.54, 1.807) is 36.4 Å². The smallest absolute Gasteiger partial charge is 0.221 e. The molecule has 3 N–H and O–H groups in total. The zero-order chi connectivity index (χ0) is 20.8. The number of aryl methyl sites for hydroxylation is 2. The molecular weight excluding hydrogens is 430 g/mol. The molecule has 0 aliphatic rings. The Hall–Kier alpha value is -3.55. The molecule has 0 radical (unpaired) electrons. The quantitative estimate of drug-likeness (QED) is 0.434. The summed E-state index contributed by atoms with van der Waals surface area (Å²) in [6.45, 7) is 8.97. The summed E-state index contributed by atoms with van der Waals surface area (Å²) in [5.41, 5.74) is 9.87.